The number of carbonyl (C=O) groups is 1. The predicted octanol–water partition coefficient (Wildman–Crippen LogP) is 1.37. The molecule has 2 unspecified atom stereocenters. The maximum Gasteiger partial charge on any atom is 0.222 e. The molecule has 0 aliphatic carbocycles. The smallest absolute Gasteiger partial charge is 0.222 e. The van der Waals surface area contributed by atoms with E-state index in [0.29, 0.717) is 18.9 Å². The van der Waals surface area contributed by atoms with Gasteiger partial charge in [-0.05, 0) is 25.2 Å². The van der Waals surface area contributed by atoms with Gasteiger partial charge in [0.1, 0.15) is 0 Å². The van der Waals surface area contributed by atoms with E-state index >= 15 is 0 Å². The third kappa shape index (κ3) is 2.47. The standard InChI is InChI=1S/C11H22N2O/c1-3-5-11(14)13-7-4-6-9(2)10(13)8-12/h9-10H,3-8,12H2,1-2H3. The van der Waals surface area contributed by atoms with E-state index in [-0.39, 0.29) is 11.9 Å². The Kier molecular flexibility index (Phi) is 4.39. The average Bonchev–Trinajstić information content (AvgIpc) is 2.17. The summed E-state index contributed by atoms with van der Waals surface area (Å²) >= 11 is 0. The molecule has 0 saturated carbocycles. The first-order chi connectivity index (χ1) is 6.70. The van der Waals surface area contributed by atoms with Crippen molar-refractivity contribution in [2.45, 2.75) is 45.6 Å². The van der Waals surface area contributed by atoms with Gasteiger partial charge in [0.25, 0.3) is 0 Å². The second kappa shape index (κ2) is 5.35. The minimum Gasteiger partial charge on any atom is -0.338 e. The molecule has 0 aromatic rings. The first-order valence-electron chi connectivity index (χ1n) is 5.70. The van der Waals surface area contributed by atoms with Crippen molar-refractivity contribution in [1.82, 2.24) is 4.90 Å². The summed E-state index contributed by atoms with van der Waals surface area (Å²) in [6.45, 7) is 5.76. The summed E-state index contributed by atoms with van der Waals surface area (Å²) in [4.78, 5) is 13.8. The SMILES string of the molecule is CCCC(=O)N1CCCC(C)C1CN. The van der Waals surface area contributed by atoms with Crippen LogP contribution in [0.15, 0.2) is 0 Å². The lowest BCUT2D eigenvalue weighted by molar-refractivity contribution is -0.136. The molecule has 0 radical (unpaired) electrons. The van der Waals surface area contributed by atoms with Gasteiger partial charge >= 0.3 is 0 Å². The number of carbonyl (C=O) groups excluding carboxylic acids is 1. The van der Waals surface area contributed by atoms with Crippen molar-refractivity contribution < 1.29 is 4.79 Å². The number of hydrogen-bond acceptors (Lipinski definition) is 2. The fraction of sp³-hybridized carbons (Fsp3) is 0.909. The molecule has 1 amide bonds. The molecule has 2 atom stereocenters. The number of nitrogens with two attached hydrogens (primary N) is 1. The Morgan fingerprint density at radius 1 is 1.57 bits per heavy atom. The summed E-state index contributed by atoms with van der Waals surface area (Å²) in [6.07, 6.45) is 3.94. The Balaban J connectivity index is 2.59. The van der Waals surface area contributed by atoms with E-state index in [0.717, 1.165) is 19.4 Å². The second-order valence-corrected chi connectivity index (χ2v) is 4.26. The zero-order chi connectivity index (χ0) is 10.6. The summed E-state index contributed by atoms with van der Waals surface area (Å²) in [5.74, 6) is 0.851. The molecule has 1 heterocycles. The van der Waals surface area contributed by atoms with Crippen molar-refractivity contribution >= 4 is 5.91 Å². The minimum atomic E-state index is 0.280. The van der Waals surface area contributed by atoms with Gasteiger partial charge in [0.2, 0.25) is 5.91 Å². The van der Waals surface area contributed by atoms with Crippen LogP contribution in [0.25, 0.3) is 0 Å². The molecule has 2 N–H and O–H groups in total. The molecule has 1 rings (SSSR count). The lowest BCUT2D eigenvalue weighted by Gasteiger charge is -2.39. The van der Waals surface area contributed by atoms with E-state index in [1.807, 2.05) is 11.8 Å². The maximum atomic E-state index is 11.8. The molecule has 1 fully saturated rings. The quantitative estimate of drug-likeness (QED) is 0.744. The van der Waals surface area contributed by atoms with Crippen LogP contribution in [0.3, 0.4) is 0 Å². The highest BCUT2D eigenvalue weighted by Crippen LogP contribution is 2.23. The highest BCUT2D eigenvalue weighted by Gasteiger charge is 2.29. The molecular formula is C11H22N2O. The maximum absolute atomic E-state index is 11.8. The van der Waals surface area contributed by atoms with E-state index in [4.69, 9.17) is 5.73 Å². The molecule has 0 spiro atoms. The van der Waals surface area contributed by atoms with Crippen LogP contribution in [-0.2, 0) is 4.79 Å². The van der Waals surface area contributed by atoms with Gasteiger partial charge in [-0.25, -0.2) is 0 Å². The van der Waals surface area contributed by atoms with Crippen molar-refractivity contribution in [3.8, 4) is 0 Å². The summed E-state index contributed by atoms with van der Waals surface area (Å²) < 4.78 is 0. The van der Waals surface area contributed by atoms with Crippen molar-refractivity contribution in [3.63, 3.8) is 0 Å². The molecular weight excluding hydrogens is 176 g/mol. The van der Waals surface area contributed by atoms with Gasteiger partial charge in [0, 0.05) is 25.6 Å². The van der Waals surface area contributed by atoms with Crippen LogP contribution >= 0.6 is 0 Å². The Labute approximate surface area is 86.6 Å². The Bertz CT molecular complexity index is 194. The van der Waals surface area contributed by atoms with Crippen molar-refractivity contribution in [2.75, 3.05) is 13.1 Å². The highest BCUT2D eigenvalue weighted by atomic mass is 16.2. The van der Waals surface area contributed by atoms with E-state index in [1.165, 1.54) is 6.42 Å². The van der Waals surface area contributed by atoms with Crippen LogP contribution in [0, 0.1) is 5.92 Å². The van der Waals surface area contributed by atoms with Crippen LogP contribution in [0.2, 0.25) is 0 Å². The largest absolute Gasteiger partial charge is 0.338 e. The molecule has 82 valence electrons. The Morgan fingerprint density at radius 3 is 2.86 bits per heavy atom. The van der Waals surface area contributed by atoms with Gasteiger partial charge in [0.05, 0.1) is 0 Å². The molecule has 1 saturated heterocycles. The molecule has 0 aromatic heterocycles. The zero-order valence-corrected chi connectivity index (χ0v) is 9.33. The summed E-state index contributed by atoms with van der Waals surface area (Å²) in [6, 6.07) is 0.280. The monoisotopic (exact) mass is 198 g/mol. The Hall–Kier alpha value is -0.570. The van der Waals surface area contributed by atoms with E-state index < -0.39 is 0 Å². The van der Waals surface area contributed by atoms with Crippen molar-refractivity contribution in [1.29, 1.82) is 0 Å². The lowest BCUT2D eigenvalue weighted by atomic mass is 9.90. The molecule has 0 aromatic carbocycles. The second-order valence-electron chi connectivity index (χ2n) is 4.26. The molecule has 0 bridgehead atoms. The first-order valence-corrected chi connectivity index (χ1v) is 5.70. The first kappa shape index (κ1) is 11.5. The molecule has 3 nitrogen and oxygen atoms in total. The van der Waals surface area contributed by atoms with Crippen LogP contribution in [-0.4, -0.2) is 29.9 Å². The van der Waals surface area contributed by atoms with Gasteiger partial charge < -0.3 is 10.6 Å². The van der Waals surface area contributed by atoms with Gasteiger partial charge in [-0.15, -0.1) is 0 Å². The molecule has 3 heteroatoms. The van der Waals surface area contributed by atoms with Crippen LogP contribution in [0.5, 0.6) is 0 Å². The molecule has 14 heavy (non-hydrogen) atoms. The van der Waals surface area contributed by atoms with Gasteiger partial charge in [-0.3, -0.25) is 4.79 Å². The van der Waals surface area contributed by atoms with Crippen LogP contribution in [0.4, 0.5) is 0 Å². The fourth-order valence-electron chi connectivity index (χ4n) is 2.28. The van der Waals surface area contributed by atoms with Gasteiger partial charge in [-0.1, -0.05) is 13.8 Å². The van der Waals surface area contributed by atoms with Gasteiger partial charge in [-0.2, -0.15) is 0 Å². The van der Waals surface area contributed by atoms with E-state index in [9.17, 15) is 4.79 Å². The van der Waals surface area contributed by atoms with Crippen LogP contribution < -0.4 is 5.73 Å². The predicted molar refractivity (Wildman–Crippen MR) is 57.9 cm³/mol. The minimum absolute atomic E-state index is 0.280. The molecule has 1 aliphatic heterocycles. The third-order valence-electron chi connectivity index (χ3n) is 3.14. The fourth-order valence-corrected chi connectivity index (χ4v) is 2.28. The van der Waals surface area contributed by atoms with Crippen LogP contribution in [0.1, 0.15) is 39.5 Å². The molecule has 1 aliphatic rings. The van der Waals surface area contributed by atoms with E-state index in [1.54, 1.807) is 0 Å². The lowest BCUT2D eigenvalue weighted by Crippen LogP contribution is -2.51. The highest BCUT2D eigenvalue weighted by molar-refractivity contribution is 5.76. The Morgan fingerprint density at radius 2 is 2.29 bits per heavy atom. The number of likely N-dealkylation sites (tertiary alicyclic amines) is 1. The van der Waals surface area contributed by atoms with Gasteiger partial charge in [0.15, 0.2) is 0 Å². The van der Waals surface area contributed by atoms with Crippen molar-refractivity contribution in [3.05, 3.63) is 0 Å². The summed E-state index contributed by atoms with van der Waals surface area (Å²) in [5.41, 5.74) is 5.72. The summed E-state index contributed by atoms with van der Waals surface area (Å²) in [5, 5.41) is 0. The number of nitrogens with zero attached hydrogens (tertiary/aromatic N) is 1. The summed E-state index contributed by atoms with van der Waals surface area (Å²) in [7, 11) is 0. The van der Waals surface area contributed by atoms with Crippen molar-refractivity contribution in [2.24, 2.45) is 11.7 Å². The third-order valence-corrected chi connectivity index (χ3v) is 3.14. The number of piperidine rings is 1. The number of hydrogen-bond donors (Lipinski definition) is 1. The van der Waals surface area contributed by atoms with E-state index in [2.05, 4.69) is 6.92 Å². The normalized spacial score (nSPS) is 27.8. The number of rotatable bonds is 3. The number of amides is 1. The topological polar surface area (TPSA) is 46.3 Å². The zero-order valence-electron chi connectivity index (χ0n) is 9.33. The average molecular weight is 198 g/mol.